The summed E-state index contributed by atoms with van der Waals surface area (Å²) in [6.45, 7) is 2.02. The summed E-state index contributed by atoms with van der Waals surface area (Å²) in [7, 11) is 0. The fourth-order valence-corrected chi connectivity index (χ4v) is 2.38. The highest BCUT2D eigenvalue weighted by molar-refractivity contribution is 5.99. The minimum Gasteiger partial charge on any atom is -0.352 e. The Hall–Kier alpha value is -2.76. The van der Waals surface area contributed by atoms with Gasteiger partial charge in [-0.3, -0.25) is 14.9 Å². The van der Waals surface area contributed by atoms with Gasteiger partial charge >= 0.3 is 0 Å². The molecular weight excluding hydrogens is 299 g/mol. The van der Waals surface area contributed by atoms with Crippen molar-refractivity contribution in [3.63, 3.8) is 0 Å². The SMILES string of the molecule is Cc1cccc([N+](=O)[O-])c1C(=O)NCCCc1cccc(F)c1. The third kappa shape index (κ3) is 4.35. The van der Waals surface area contributed by atoms with Gasteiger partial charge in [0.2, 0.25) is 0 Å². The largest absolute Gasteiger partial charge is 0.352 e. The smallest absolute Gasteiger partial charge is 0.282 e. The third-order valence-electron chi connectivity index (χ3n) is 3.49. The number of nitrogens with zero attached hydrogens (tertiary/aromatic N) is 1. The van der Waals surface area contributed by atoms with E-state index in [1.54, 1.807) is 25.1 Å². The molecule has 120 valence electrons. The molecule has 2 aromatic rings. The fourth-order valence-electron chi connectivity index (χ4n) is 2.38. The quantitative estimate of drug-likeness (QED) is 0.504. The van der Waals surface area contributed by atoms with Crippen molar-refractivity contribution in [2.24, 2.45) is 0 Å². The van der Waals surface area contributed by atoms with Crippen LogP contribution in [0.15, 0.2) is 42.5 Å². The van der Waals surface area contributed by atoms with E-state index >= 15 is 0 Å². The minimum atomic E-state index is -0.561. The highest BCUT2D eigenvalue weighted by Crippen LogP contribution is 2.21. The van der Waals surface area contributed by atoms with Gasteiger partial charge in [-0.05, 0) is 43.0 Å². The van der Waals surface area contributed by atoms with Crippen LogP contribution in [0.3, 0.4) is 0 Å². The van der Waals surface area contributed by atoms with E-state index in [0.29, 0.717) is 24.9 Å². The molecule has 6 heteroatoms. The average Bonchev–Trinajstić information content (AvgIpc) is 2.51. The zero-order valence-electron chi connectivity index (χ0n) is 12.7. The van der Waals surface area contributed by atoms with Gasteiger partial charge < -0.3 is 5.32 Å². The van der Waals surface area contributed by atoms with E-state index in [9.17, 15) is 19.3 Å². The predicted molar refractivity (Wildman–Crippen MR) is 84.9 cm³/mol. The van der Waals surface area contributed by atoms with Gasteiger partial charge in [-0.15, -0.1) is 0 Å². The lowest BCUT2D eigenvalue weighted by Crippen LogP contribution is -2.26. The van der Waals surface area contributed by atoms with Gasteiger partial charge in [-0.1, -0.05) is 24.3 Å². The lowest BCUT2D eigenvalue weighted by Gasteiger charge is -2.08. The summed E-state index contributed by atoms with van der Waals surface area (Å²) in [5, 5.41) is 13.7. The normalized spacial score (nSPS) is 10.3. The van der Waals surface area contributed by atoms with Crippen LogP contribution in [-0.2, 0) is 6.42 Å². The first kappa shape index (κ1) is 16.6. The molecule has 1 N–H and O–H groups in total. The maximum absolute atomic E-state index is 13.1. The molecule has 0 fully saturated rings. The Morgan fingerprint density at radius 3 is 2.70 bits per heavy atom. The summed E-state index contributed by atoms with van der Waals surface area (Å²) in [6, 6.07) is 10.8. The minimum absolute atomic E-state index is 0.0863. The number of benzene rings is 2. The Morgan fingerprint density at radius 2 is 2.00 bits per heavy atom. The number of nitrogens with one attached hydrogen (secondary N) is 1. The van der Waals surface area contributed by atoms with Gasteiger partial charge in [0.1, 0.15) is 11.4 Å². The first-order valence-corrected chi connectivity index (χ1v) is 7.25. The van der Waals surface area contributed by atoms with Gasteiger partial charge in [0.05, 0.1) is 4.92 Å². The van der Waals surface area contributed by atoms with Crippen molar-refractivity contribution < 1.29 is 14.1 Å². The molecule has 0 spiro atoms. The summed E-state index contributed by atoms with van der Waals surface area (Å²) < 4.78 is 13.1. The highest BCUT2D eigenvalue weighted by Gasteiger charge is 2.21. The molecule has 0 unspecified atom stereocenters. The Balaban J connectivity index is 1.94. The van der Waals surface area contributed by atoms with Gasteiger partial charge in [0.15, 0.2) is 0 Å². The molecule has 2 rings (SSSR count). The van der Waals surface area contributed by atoms with Crippen molar-refractivity contribution in [1.29, 1.82) is 0 Å². The number of nitro benzene ring substituents is 1. The van der Waals surface area contributed by atoms with Crippen LogP contribution in [-0.4, -0.2) is 17.4 Å². The van der Waals surface area contributed by atoms with E-state index < -0.39 is 10.8 Å². The molecule has 0 radical (unpaired) electrons. The molecule has 0 aliphatic carbocycles. The average molecular weight is 316 g/mol. The number of hydrogen-bond acceptors (Lipinski definition) is 3. The van der Waals surface area contributed by atoms with Crippen LogP contribution in [0.5, 0.6) is 0 Å². The van der Waals surface area contributed by atoms with Crippen LogP contribution in [0.2, 0.25) is 0 Å². The summed E-state index contributed by atoms with van der Waals surface area (Å²) >= 11 is 0. The summed E-state index contributed by atoms with van der Waals surface area (Å²) in [5.41, 5.74) is 1.29. The van der Waals surface area contributed by atoms with Crippen molar-refractivity contribution in [1.82, 2.24) is 5.32 Å². The fraction of sp³-hybridized carbons (Fsp3) is 0.235. The monoisotopic (exact) mass is 316 g/mol. The van der Waals surface area contributed by atoms with E-state index in [1.165, 1.54) is 18.2 Å². The Labute approximate surface area is 133 Å². The zero-order valence-corrected chi connectivity index (χ0v) is 12.7. The highest BCUT2D eigenvalue weighted by atomic mass is 19.1. The molecule has 0 aliphatic rings. The van der Waals surface area contributed by atoms with Gasteiger partial charge in [0.25, 0.3) is 11.6 Å². The van der Waals surface area contributed by atoms with Crippen molar-refractivity contribution in [2.45, 2.75) is 19.8 Å². The Morgan fingerprint density at radius 1 is 1.26 bits per heavy atom. The lowest BCUT2D eigenvalue weighted by atomic mass is 10.1. The molecule has 0 aromatic heterocycles. The Kier molecular flexibility index (Phi) is 5.41. The van der Waals surface area contributed by atoms with Crippen LogP contribution in [0, 0.1) is 22.9 Å². The number of carbonyl (C=O) groups is 1. The first-order valence-electron chi connectivity index (χ1n) is 7.25. The van der Waals surface area contributed by atoms with E-state index in [1.807, 2.05) is 6.07 Å². The van der Waals surface area contributed by atoms with Crippen molar-refractivity contribution in [2.75, 3.05) is 6.54 Å². The summed E-state index contributed by atoms with van der Waals surface area (Å²) in [6.07, 6.45) is 1.24. The number of nitro groups is 1. The van der Waals surface area contributed by atoms with Crippen LogP contribution < -0.4 is 5.32 Å². The number of halogens is 1. The number of amides is 1. The Bertz CT molecular complexity index is 732. The van der Waals surface area contributed by atoms with Gasteiger partial charge in [0, 0.05) is 12.6 Å². The van der Waals surface area contributed by atoms with E-state index in [2.05, 4.69) is 5.32 Å². The number of hydrogen-bond donors (Lipinski definition) is 1. The molecule has 1 amide bonds. The van der Waals surface area contributed by atoms with Crippen LogP contribution in [0.1, 0.15) is 27.9 Å². The predicted octanol–water partition coefficient (Wildman–Crippen LogP) is 3.40. The molecule has 0 bridgehead atoms. The molecule has 0 aliphatic heterocycles. The van der Waals surface area contributed by atoms with Crippen LogP contribution >= 0.6 is 0 Å². The standard InChI is InChI=1S/C17H17FN2O3/c1-12-5-2-9-15(20(22)23)16(12)17(21)19-10-4-7-13-6-3-8-14(18)11-13/h2-3,5-6,8-9,11H,4,7,10H2,1H3,(H,19,21). The van der Waals surface area contributed by atoms with Crippen LogP contribution in [0.4, 0.5) is 10.1 Å². The summed E-state index contributed by atoms with van der Waals surface area (Å²) in [5.74, 6) is -0.754. The first-order chi connectivity index (χ1) is 11.0. The third-order valence-corrected chi connectivity index (χ3v) is 3.49. The van der Waals surface area contributed by atoms with E-state index in [0.717, 1.165) is 5.56 Å². The number of carbonyl (C=O) groups excluding carboxylic acids is 1. The second-order valence-electron chi connectivity index (χ2n) is 5.22. The molecule has 5 nitrogen and oxygen atoms in total. The second kappa shape index (κ2) is 7.49. The molecular formula is C17H17FN2O3. The maximum atomic E-state index is 13.1. The second-order valence-corrected chi connectivity index (χ2v) is 5.22. The van der Waals surface area contributed by atoms with E-state index in [-0.39, 0.29) is 17.1 Å². The maximum Gasteiger partial charge on any atom is 0.282 e. The van der Waals surface area contributed by atoms with Crippen molar-refractivity contribution in [3.8, 4) is 0 Å². The molecule has 2 aromatic carbocycles. The number of rotatable bonds is 6. The molecule has 23 heavy (non-hydrogen) atoms. The molecule has 0 saturated heterocycles. The lowest BCUT2D eigenvalue weighted by molar-refractivity contribution is -0.385. The molecule has 0 saturated carbocycles. The van der Waals surface area contributed by atoms with Crippen molar-refractivity contribution in [3.05, 3.63) is 75.1 Å². The van der Waals surface area contributed by atoms with Gasteiger partial charge in [-0.25, -0.2) is 4.39 Å². The topological polar surface area (TPSA) is 72.2 Å². The van der Waals surface area contributed by atoms with Gasteiger partial charge in [-0.2, -0.15) is 0 Å². The molecule has 0 heterocycles. The van der Waals surface area contributed by atoms with Crippen LogP contribution in [0.25, 0.3) is 0 Å². The number of aryl methyl sites for hydroxylation is 2. The van der Waals surface area contributed by atoms with Crippen molar-refractivity contribution >= 4 is 11.6 Å². The van der Waals surface area contributed by atoms with E-state index in [4.69, 9.17) is 0 Å². The summed E-state index contributed by atoms with van der Waals surface area (Å²) in [4.78, 5) is 22.6. The molecule has 0 atom stereocenters. The zero-order chi connectivity index (χ0) is 16.8.